The maximum Gasteiger partial charge on any atom is 0.0282 e. The Balaban J connectivity index is 4.10. The molecule has 0 N–H and O–H groups in total. The lowest BCUT2D eigenvalue weighted by Gasteiger charge is -2.27. The van der Waals surface area contributed by atoms with E-state index in [4.69, 9.17) is 0 Å². The van der Waals surface area contributed by atoms with Gasteiger partial charge >= 0.3 is 0 Å². The van der Waals surface area contributed by atoms with Gasteiger partial charge in [-0.2, -0.15) is 0 Å². The van der Waals surface area contributed by atoms with Crippen molar-refractivity contribution in [1.82, 2.24) is 4.90 Å². The van der Waals surface area contributed by atoms with Crippen LogP contribution in [0.4, 0.5) is 0 Å². The molecule has 0 aromatic carbocycles. The number of rotatable bonds is 10. The van der Waals surface area contributed by atoms with Crippen LogP contribution in [-0.2, 0) is 0 Å². The van der Waals surface area contributed by atoms with Gasteiger partial charge in [0.2, 0.25) is 0 Å². The van der Waals surface area contributed by atoms with Crippen LogP contribution < -0.4 is 0 Å². The smallest absolute Gasteiger partial charge is 0.0282 e. The molecular formula is C14H25N. The van der Waals surface area contributed by atoms with Crippen molar-refractivity contribution in [3.8, 4) is 0 Å². The Labute approximate surface area is 95.2 Å². The zero-order valence-electron chi connectivity index (χ0n) is 10.1. The molecule has 1 atom stereocenters. The van der Waals surface area contributed by atoms with Gasteiger partial charge in [0.05, 0.1) is 0 Å². The monoisotopic (exact) mass is 207 g/mol. The van der Waals surface area contributed by atoms with Crippen molar-refractivity contribution in [3.63, 3.8) is 0 Å². The molecule has 0 radical (unpaired) electrons. The Morgan fingerprint density at radius 1 is 1.07 bits per heavy atom. The fraction of sp³-hybridized carbons (Fsp3) is 0.571. The van der Waals surface area contributed by atoms with Crippen molar-refractivity contribution in [2.45, 2.75) is 38.6 Å². The van der Waals surface area contributed by atoms with Gasteiger partial charge in [0.1, 0.15) is 0 Å². The minimum Gasteiger partial charge on any atom is -0.290 e. The molecule has 15 heavy (non-hydrogen) atoms. The lowest BCUT2D eigenvalue weighted by Crippen LogP contribution is -2.34. The fourth-order valence-corrected chi connectivity index (χ4v) is 1.73. The van der Waals surface area contributed by atoms with Gasteiger partial charge in [-0.1, -0.05) is 44.4 Å². The molecule has 0 spiro atoms. The molecule has 0 aromatic rings. The predicted molar refractivity (Wildman–Crippen MR) is 70.1 cm³/mol. The highest BCUT2D eigenvalue weighted by molar-refractivity contribution is 4.93. The average Bonchev–Trinajstić information content (AvgIpc) is 2.24. The van der Waals surface area contributed by atoms with E-state index in [2.05, 4.69) is 31.6 Å². The Morgan fingerprint density at radius 3 is 2.07 bits per heavy atom. The Hall–Kier alpha value is -0.820. The first-order valence-corrected chi connectivity index (χ1v) is 5.88. The second kappa shape index (κ2) is 9.72. The summed E-state index contributed by atoms with van der Waals surface area (Å²) in [6, 6.07) is 0.465. The lowest BCUT2D eigenvalue weighted by molar-refractivity contribution is 0.264. The van der Waals surface area contributed by atoms with Crippen LogP contribution in [0.25, 0.3) is 0 Å². The van der Waals surface area contributed by atoms with Crippen LogP contribution >= 0.6 is 0 Å². The van der Waals surface area contributed by atoms with Gasteiger partial charge in [0, 0.05) is 19.1 Å². The molecule has 0 aliphatic carbocycles. The summed E-state index contributed by atoms with van der Waals surface area (Å²) in [5.41, 5.74) is 0. The van der Waals surface area contributed by atoms with Crippen molar-refractivity contribution in [3.05, 3.63) is 38.0 Å². The van der Waals surface area contributed by atoms with Crippen molar-refractivity contribution in [1.29, 1.82) is 0 Å². The van der Waals surface area contributed by atoms with Gasteiger partial charge in [-0.3, -0.25) is 4.90 Å². The van der Waals surface area contributed by atoms with E-state index in [1.54, 1.807) is 0 Å². The van der Waals surface area contributed by atoms with E-state index in [0.717, 1.165) is 13.1 Å². The number of unbranched alkanes of at least 4 members (excludes halogenated alkanes) is 2. The molecule has 0 heterocycles. The highest BCUT2D eigenvalue weighted by Crippen LogP contribution is 2.11. The lowest BCUT2D eigenvalue weighted by atomic mass is 10.1. The topological polar surface area (TPSA) is 3.24 Å². The van der Waals surface area contributed by atoms with Crippen LogP contribution in [0.2, 0.25) is 0 Å². The molecule has 1 nitrogen and oxygen atoms in total. The predicted octanol–water partition coefficient (Wildman–Crippen LogP) is 3.80. The van der Waals surface area contributed by atoms with E-state index in [1.165, 1.54) is 25.7 Å². The maximum atomic E-state index is 3.91. The van der Waals surface area contributed by atoms with Crippen molar-refractivity contribution in [2.75, 3.05) is 13.1 Å². The fourth-order valence-electron chi connectivity index (χ4n) is 1.73. The molecule has 0 saturated heterocycles. The Bertz CT molecular complexity index is 174. The van der Waals surface area contributed by atoms with Crippen LogP contribution in [0.15, 0.2) is 38.0 Å². The summed E-state index contributed by atoms with van der Waals surface area (Å²) < 4.78 is 0. The summed E-state index contributed by atoms with van der Waals surface area (Å²) in [5, 5.41) is 0. The standard InChI is InChI=1S/C14H25N/c1-5-9-10-11-14(8-4)15(12-6-2)13-7-3/h6-8,14H,2-5,9-13H2,1H3. The molecule has 0 fully saturated rings. The van der Waals surface area contributed by atoms with E-state index >= 15 is 0 Å². The number of hydrogen-bond acceptors (Lipinski definition) is 1. The normalized spacial score (nSPS) is 12.4. The molecule has 0 rings (SSSR count). The highest BCUT2D eigenvalue weighted by Gasteiger charge is 2.11. The van der Waals surface area contributed by atoms with Gasteiger partial charge in [0.15, 0.2) is 0 Å². The third-order valence-electron chi connectivity index (χ3n) is 2.57. The van der Waals surface area contributed by atoms with E-state index < -0.39 is 0 Å². The summed E-state index contributed by atoms with van der Waals surface area (Å²) in [4.78, 5) is 2.35. The molecule has 0 bridgehead atoms. The van der Waals surface area contributed by atoms with Crippen LogP contribution in [0.1, 0.15) is 32.6 Å². The second-order valence-electron chi connectivity index (χ2n) is 3.83. The maximum absolute atomic E-state index is 3.91. The van der Waals surface area contributed by atoms with Gasteiger partial charge in [-0.25, -0.2) is 0 Å². The third kappa shape index (κ3) is 6.29. The van der Waals surface area contributed by atoms with Crippen molar-refractivity contribution < 1.29 is 0 Å². The molecule has 1 heteroatoms. The zero-order chi connectivity index (χ0) is 11.5. The quantitative estimate of drug-likeness (QED) is 0.389. The van der Waals surface area contributed by atoms with E-state index in [9.17, 15) is 0 Å². The minimum absolute atomic E-state index is 0.465. The van der Waals surface area contributed by atoms with Crippen LogP contribution in [0, 0.1) is 0 Å². The first-order chi connectivity index (χ1) is 7.29. The Morgan fingerprint density at radius 2 is 1.67 bits per heavy atom. The summed E-state index contributed by atoms with van der Waals surface area (Å²) in [6.07, 6.45) is 11.0. The molecule has 0 aliphatic rings. The van der Waals surface area contributed by atoms with E-state index in [-0.39, 0.29) is 0 Å². The molecule has 0 aliphatic heterocycles. The second-order valence-corrected chi connectivity index (χ2v) is 3.83. The van der Waals surface area contributed by atoms with Crippen molar-refractivity contribution >= 4 is 0 Å². The largest absolute Gasteiger partial charge is 0.290 e. The van der Waals surface area contributed by atoms with Crippen LogP contribution in [0.5, 0.6) is 0 Å². The van der Waals surface area contributed by atoms with Crippen molar-refractivity contribution in [2.24, 2.45) is 0 Å². The van der Waals surface area contributed by atoms with E-state index in [1.807, 2.05) is 18.2 Å². The molecule has 0 aromatic heterocycles. The minimum atomic E-state index is 0.465. The summed E-state index contributed by atoms with van der Waals surface area (Å²) in [6.45, 7) is 15.5. The molecule has 86 valence electrons. The first kappa shape index (κ1) is 14.2. The molecular weight excluding hydrogens is 182 g/mol. The van der Waals surface area contributed by atoms with Gasteiger partial charge in [0.25, 0.3) is 0 Å². The summed E-state index contributed by atoms with van der Waals surface area (Å²) >= 11 is 0. The SMILES string of the molecule is C=CCN(CC=C)C(C=C)CCCCC. The van der Waals surface area contributed by atoms with Gasteiger partial charge < -0.3 is 0 Å². The molecule has 0 saturated carbocycles. The summed E-state index contributed by atoms with van der Waals surface area (Å²) in [7, 11) is 0. The first-order valence-electron chi connectivity index (χ1n) is 5.88. The van der Waals surface area contributed by atoms with Gasteiger partial charge in [-0.05, 0) is 6.42 Å². The third-order valence-corrected chi connectivity index (χ3v) is 2.57. The van der Waals surface area contributed by atoms with Gasteiger partial charge in [-0.15, -0.1) is 19.7 Å². The molecule has 1 unspecified atom stereocenters. The van der Waals surface area contributed by atoms with Crippen LogP contribution in [0.3, 0.4) is 0 Å². The zero-order valence-corrected chi connectivity index (χ0v) is 10.1. The highest BCUT2D eigenvalue weighted by atomic mass is 15.1. The number of nitrogens with zero attached hydrogens (tertiary/aromatic N) is 1. The average molecular weight is 207 g/mol. The van der Waals surface area contributed by atoms with Crippen LogP contribution in [-0.4, -0.2) is 24.0 Å². The number of hydrogen-bond donors (Lipinski definition) is 0. The molecule has 0 amide bonds. The Kier molecular flexibility index (Phi) is 9.19. The van der Waals surface area contributed by atoms with E-state index in [0.29, 0.717) is 6.04 Å². The summed E-state index contributed by atoms with van der Waals surface area (Å²) in [5.74, 6) is 0.